The van der Waals surface area contributed by atoms with Crippen molar-refractivity contribution < 1.29 is 0 Å². The molecule has 0 saturated heterocycles. The summed E-state index contributed by atoms with van der Waals surface area (Å²) < 4.78 is 2.35. The molecule has 0 aliphatic heterocycles. The number of anilines is 2. The third kappa shape index (κ3) is 14.0. The normalized spacial score (nSPS) is 12.4. The minimum Gasteiger partial charge on any atom is -0.316 e. The molecule has 1 aromatic heterocycles. The van der Waals surface area contributed by atoms with Crippen LogP contribution in [-0.4, -0.2) is 4.57 Å². The van der Waals surface area contributed by atoms with Gasteiger partial charge in [0, 0.05) is 34.3 Å². The maximum Gasteiger partial charge on any atom is 0.0531 e. The van der Waals surface area contributed by atoms with Crippen LogP contribution in [0.2, 0.25) is 0 Å². The highest BCUT2D eigenvalue weighted by Crippen LogP contribution is 2.37. The smallest absolute Gasteiger partial charge is 0.0531 e. The van der Waals surface area contributed by atoms with E-state index in [2.05, 4.69) is 300 Å². The van der Waals surface area contributed by atoms with E-state index in [-0.39, 0.29) is 0 Å². The second-order valence-electron chi connectivity index (χ2n) is 20.6. The summed E-state index contributed by atoms with van der Waals surface area (Å²) >= 11 is 0. The molecule has 9 aromatic carbocycles. The van der Waals surface area contributed by atoms with Gasteiger partial charge in [0.2, 0.25) is 0 Å². The maximum atomic E-state index is 4.55. The van der Waals surface area contributed by atoms with Gasteiger partial charge in [-0.1, -0.05) is 234 Å². The van der Waals surface area contributed by atoms with Crippen LogP contribution in [0.5, 0.6) is 0 Å². The summed E-state index contributed by atoms with van der Waals surface area (Å²) in [4.78, 5) is 2.39. The summed E-state index contributed by atoms with van der Waals surface area (Å²) in [7, 11) is 0. The fraction of sp³-hybridized carbons (Fsp3) is 0.150. The number of hydrogen-bond donors (Lipinski definition) is 0. The van der Waals surface area contributed by atoms with Gasteiger partial charge in [0.1, 0.15) is 0 Å². The van der Waals surface area contributed by atoms with Crippen molar-refractivity contribution in [1.29, 1.82) is 0 Å². The predicted molar refractivity (Wildman–Crippen MR) is 360 cm³/mol. The molecule has 0 radical (unpaired) electrons. The number of nitrogens with zero attached hydrogens (tertiary/aromatic N) is 2. The van der Waals surface area contributed by atoms with Gasteiger partial charge in [0.15, 0.2) is 0 Å². The van der Waals surface area contributed by atoms with Gasteiger partial charge in [-0.05, 0) is 209 Å². The van der Waals surface area contributed by atoms with Crippen molar-refractivity contribution >= 4 is 50.8 Å². The average molecular weight is 1070 g/mol. The van der Waals surface area contributed by atoms with Gasteiger partial charge in [-0.25, -0.2) is 0 Å². The highest BCUT2D eigenvalue weighted by atomic mass is 15.1. The Balaban J connectivity index is 0.000000608. The first-order valence-electron chi connectivity index (χ1n) is 29.1. The molecule has 0 aliphatic carbocycles. The van der Waals surface area contributed by atoms with Gasteiger partial charge in [-0.3, -0.25) is 0 Å². The number of benzene rings is 9. The zero-order valence-electron chi connectivity index (χ0n) is 49.8. The van der Waals surface area contributed by atoms with Crippen molar-refractivity contribution in [1.82, 2.24) is 4.57 Å². The van der Waals surface area contributed by atoms with E-state index in [0.717, 1.165) is 52.5 Å². The van der Waals surface area contributed by atoms with Crippen LogP contribution >= 0.6 is 0 Å². The van der Waals surface area contributed by atoms with E-state index >= 15 is 0 Å². The largest absolute Gasteiger partial charge is 0.316 e. The van der Waals surface area contributed by atoms with Crippen LogP contribution in [0, 0.1) is 13.8 Å². The molecule has 0 fully saturated rings. The summed E-state index contributed by atoms with van der Waals surface area (Å²) in [5, 5.41) is 5.90. The van der Waals surface area contributed by atoms with E-state index < -0.39 is 0 Å². The second-order valence-corrected chi connectivity index (χ2v) is 20.6. The first-order chi connectivity index (χ1) is 40.1. The number of hydrogen-bond acceptors (Lipinski definition) is 1. The maximum absolute atomic E-state index is 4.55. The molecule has 10 aromatic rings. The summed E-state index contributed by atoms with van der Waals surface area (Å²) in [5.74, 6) is 0. The Morgan fingerprint density at radius 1 is 0.598 bits per heavy atom. The lowest BCUT2D eigenvalue weighted by Gasteiger charge is -2.27. The van der Waals surface area contributed by atoms with Crippen molar-refractivity contribution in [2.24, 2.45) is 0 Å². The Bertz CT molecular complexity index is 4060. The minimum atomic E-state index is 0.740. The second kappa shape index (κ2) is 28.8. The monoisotopic (exact) mass is 1070 g/mol. The molecule has 1 heterocycles. The lowest BCUT2D eigenvalue weighted by molar-refractivity contribution is 1.08. The molecule has 10 rings (SSSR count). The molecule has 0 amide bonds. The fourth-order valence-electron chi connectivity index (χ4n) is 11.0. The van der Waals surface area contributed by atoms with Crippen molar-refractivity contribution in [3.05, 3.63) is 334 Å². The van der Waals surface area contributed by atoms with Gasteiger partial charge >= 0.3 is 0 Å². The van der Waals surface area contributed by atoms with Crippen LogP contribution < -0.4 is 15.3 Å². The third-order valence-corrected chi connectivity index (χ3v) is 15.0. The van der Waals surface area contributed by atoms with Gasteiger partial charge in [-0.2, -0.15) is 0 Å². The van der Waals surface area contributed by atoms with Crippen molar-refractivity contribution in [2.45, 2.75) is 81.6 Å². The Hall–Kier alpha value is -9.24. The van der Waals surface area contributed by atoms with Crippen LogP contribution in [0.25, 0.3) is 56.2 Å². The van der Waals surface area contributed by atoms with E-state index in [9.17, 15) is 0 Å². The quantitative estimate of drug-likeness (QED) is 0.0692. The molecule has 0 saturated carbocycles. The van der Waals surface area contributed by atoms with E-state index in [1.165, 1.54) is 94.0 Å². The molecule has 2 nitrogen and oxygen atoms in total. The fourth-order valence-corrected chi connectivity index (χ4v) is 11.0. The number of rotatable bonds is 16. The summed E-state index contributed by atoms with van der Waals surface area (Å²) in [6.45, 7) is 27.5. The van der Waals surface area contributed by atoms with E-state index in [0.29, 0.717) is 0 Å². The predicted octanol–water partition coefficient (Wildman–Crippen LogP) is 20.7. The summed E-state index contributed by atoms with van der Waals surface area (Å²) in [5.41, 5.74) is 22.0. The van der Waals surface area contributed by atoms with E-state index in [4.69, 9.17) is 0 Å². The van der Waals surface area contributed by atoms with Gasteiger partial charge in [0.05, 0.1) is 5.52 Å². The molecule has 0 aliphatic rings. The minimum absolute atomic E-state index is 0.740. The first-order valence-corrected chi connectivity index (χ1v) is 29.1. The van der Waals surface area contributed by atoms with Crippen LogP contribution in [0.1, 0.15) is 93.8 Å². The van der Waals surface area contributed by atoms with Crippen molar-refractivity contribution in [2.75, 3.05) is 4.90 Å². The van der Waals surface area contributed by atoms with Crippen LogP contribution in [0.4, 0.5) is 11.4 Å². The Morgan fingerprint density at radius 2 is 1.27 bits per heavy atom. The molecule has 0 bridgehead atoms. The van der Waals surface area contributed by atoms with Gasteiger partial charge < -0.3 is 9.47 Å². The number of aromatic nitrogens is 1. The summed E-state index contributed by atoms with van der Waals surface area (Å²) in [6, 6.07) is 77.2. The SMILES string of the molecule is C=C/C=C(\C=C/C)C/C=C\C.C=c1cccc/c1=C(\c1ccc2ccccc2c1)c1ccccc1C/C(=C(C)/C=C(\C)N(c1ccccc1)c1ccc(-n2cc(CC)c3cc(-c4ccccc4)ccc32)cc1)c1cc(C)ccc1C.CC. The molecule has 0 spiro atoms. The van der Waals surface area contributed by atoms with Gasteiger partial charge in [0.25, 0.3) is 0 Å². The van der Waals surface area contributed by atoms with E-state index in [1.807, 2.05) is 45.9 Å². The number of para-hydroxylation sites is 1. The van der Waals surface area contributed by atoms with Crippen LogP contribution in [-0.2, 0) is 12.8 Å². The van der Waals surface area contributed by atoms with Gasteiger partial charge in [-0.15, -0.1) is 0 Å². The Morgan fingerprint density at radius 3 is 1.98 bits per heavy atom. The lowest BCUT2D eigenvalue weighted by Crippen LogP contribution is -2.26. The molecule has 0 unspecified atom stereocenters. The van der Waals surface area contributed by atoms with Crippen molar-refractivity contribution in [3.8, 4) is 16.8 Å². The molecule has 2 heteroatoms. The summed E-state index contributed by atoms with van der Waals surface area (Å²) in [6.07, 6.45) is 19.6. The topological polar surface area (TPSA) is 8.17 Å². The molecular formula is C80H80N2. The van der Waals surface area contributed by atoms with Crippen molar-refractivity contribution in [3.63, 3.8) is 0 Å². The highest BCUT2D eigenvalue weighted by molar-refractivity contribution is 5.92. The Labute approximate surface area is 489 Å². The van der Waals surface area contributed by atoms with E-state index in [1.54, 1.807) is 0 Å². The number of allylic oxidation sites excluding steroid dienone is 11. The number of aryl methyl sites for hydroxylation is 3. The molecule has 82 heavy (non-hydrogen) atoms. The molecule has 0 atom stereocenters. The third-order valence-electron chi connectivity index (χ3n) is 15.0. The molecular weight excluding hydrogens is 989 g/mol. The first kappa shape index (κ1) is 58.9. The van der Waals surface area contributed by atoms with Crippen LogP contribution in [0.3, 0.4) is 0 Å². The number of fused-ring (bicyclic) bond motifs is 2. The zero-order valence-corrected chi connectivity index (χ0v) is 49.8. The van der Waals surface area contributed by atoms with Crippen LogP contribution in [0.15, 0.2) is 284 Å². The lowest BCUT2D eigenvalue weighted by atomic mass is 9.85. The Kier molecular flexibility index (Phi) is 20.7. The highest BCUT2D eigenvalue weighted by Gasteiger charge is 2.19. The average Bonchev–Trinajstić information content (AvgIpc) is 3.96. The zero-order chi connectivity index (χ0) is 58.0. The molecule has 410 valence electrons. The standard InChI is InChI=1S/C67H58N2.C11H16.C2H6/c1-7-51-45-68(66-39-34-55(43-65(51)66)52-21-10-8-11-22-52)58-35-37-60(38-36-58)69(59-26-12-9-13-27-59)50(6)41-49(5)64(63-40-46(2)30-31-48(63)4)44-56-25-17-19-29-62(56)67(61-28-18-14-20-47(61)3)57-33-32-53-23-15-16-24-54(53)42-57;1-4-7-10-11(8-5-2)9-6-3;1-2/h8-43,45H,3,7,44H2,1-2,4-6H3;4-9H,2,10H2,1,3H3;1-2H3/b50-41+,64-49-,67-61-;7-4-,9-6-,11-8+;. The molecule has 0 N–H and O–H groups in total.